The van der Waals surface area contributed by atoms with E-state index >= 15 is 0 Å². The van der Waals surface area contributed by atoms with Gasteiger partial charge in [-0.25, -0.2) is 4.98 Å². The van der Waals surface area contributed by atoms with Gasteiger partial charge in [0.05, 0.1) is 0 Å². The van der Waals surface area contributed by atoms with Crippen LogP contribution in [0.4, 0.5) is 0 Å². The van der Waals surface area contributed by atoms with Crippen LogP contribution in [-0.2, 0) is 20.0 Å². The second-order valence-corrected chi connectivity index (χ2v) is 4.95. The maximum atomic E-state index is 9.67. The fourth-order valence-corrected chi connectivity index (χ4v) is 2.03. The quantitative estimate of drug-likeness (QED) is 0.824. The van der Waals surface area contributed by atoms with Crippen LogP contribution in [0.15, 0.2) is 29.0 Å². The van der Waals surface area contributed by atoms with E-state index in [1.165, 1.54) is 0 Å². The Morgan fingerprint density at radius 1 is 1.44 bits per heavy atom. The van der Waals surface area contributed by atoms with E-state index in [1.807, 2.05) is 19.2 Å². The summed E-state index contributed by atoms with van der Waals surface area (Å²) in [6, 6.07) is 5.40. The van der Waals surface area contributed by atoms with Gasteiger partial charge in [0.2, 0.25) is 0 Å². The minimum atomic E-state index is 0.307. The first-order chi connectivity index (χ1) is 8.65. The average molecular weight is 311 g/mol. The molecule has 1 heterocycles. The summed E-state index contributed by atoms with van der Waals surface area (Å²) in [6.45, 7) is 1.40. The third-order valence-corrected chi connectivity index (χ3v) is 3.02. The Bertz CT molecular complexity index is 527. The first-order valence-corrected chi connectivity index (χ1v) is 6.47. The number of phenolic OH excluding ortho intramolecular Hbond substituents is 1. The molecule has 18 heavy (non-hydrogen) atoms. The van der Waals surface area contributed by atoms with E-state index in [2.05, 4.69) is 31.3 Å². The van der Waals surface area contributed by atoms with Crippen molar-refractivity contribution in [2.24, 2.45) is 7.05 Å². The van der Waals surface area contributed by atoms with E-state index < -0.39 is 0 Å². The summed E-state index contributed by atoms with van der Waals surface area (Å²) in [7, 11) is 1.85. The minimum Gasteiger partial charge on any atom is -0.508 e. The van der Waals surface area contributed by atoms with Crippen LogP contribution in [0.5, 0.6) is 5.75 Å². The molecule has 1 aromatic heterocycles. The third kappa shape index (κ3) is 3.54. The van der Waals surface area contributed by atoms with Crippen molar-refractivity contribution in [3.8, 4) is 5.75 Å². The van der Waals surface area contributed by atoms with Crippen molar-refractivity contribution in [2.75, 3.05) is 6.54 Å². The lowest BCUT2D eigenvalue weighted by molar-refractivity contribution is 0.464. The highest BCUT2D eigenvalue weighted by molar-refractivity contribution is 9.10. The van der Waals surface area contributed by atoms with Crippen molar-refractivity contribution in [3.63, 3.8) is 0 Å². The van der Waals surface area contributed by atoms with Crippen molar-refractivity contribution < 1.29 is 5.11 Å². The molecule has 2 rings (SSSR count). The molecule has 0 atom stereocenters. The first kappa shape index (κ1) is 13.0. The lowest BCUT2D eigenvalue weighted by Gasteiger charge is -2.06. The maximum absolute atomic E-state index is 9.67. The summed E-state index contributed by atoms with van der Waals surface area (Å²) in [4.78, 5) is 4.15. The number of aromatic nitrogens is 3. The molecule has 2 N–H and O–H groups in total. The smallest absolute Gasteiger partial charge is 0.151 e. The molecule has 0 aliphatic rings. The summed E-state index contributed by atoms with van der Waals surface area (Å²) in [5, 5.41) is 17.1. The lowest BCUT2D eigenvalue weighted by atomic mass is 10.2. The third-order valence-electron chi connectivity index (χ3n) is 2.53. The van der Waals surface area contributed by atoms with Gasteiger partial charge in [0.15, 0.2) is 5.82 Å². The molecule has 2 aromatic rings. The number of rotatable bonds is 5. The topological polar surface area (TPSA) is 63.0 Å². The fourth-order valence-electron chi connectivity index (χ4n) is 1.62. The van der Waals surface area contributed by atoms with Gasteiger partial charge in [0, 0.05) is 36.6 Å². The highest BCUT2D eigenvalue weighted by atomic mass is 79.9. The van der Waals surface area contributed by atoms with Gasteiger partial charge in [-0.1, -0.05) is 15.9 Å². The van der Waals surface area contributed by atoms with Crippen molar-refractivity contribution in [1.82, 2.24) is 20.1 Å². The van der Waals surface area contributed by atoms with E-state index in [9.17, 15) is 5.11 Å². The molecule has 0 spiro atoms. The summed E-state index contributed by atoms with van der Waals surface area (Å²) < 4.78 is 2.65. The zero-order valence-corrected chi connectivity index (χ0v) is 11.7. The molecule has 0 aliphatic carbocycles. The largest absolute Gasteiger partial charge is 0.508 e. The standard InChI is InChI=1S/C12H15BrN4O/c1-17-8-15-12(16-17)4-5-14-7-9-6-10(13)2-3-11(9)18/h2-3,6,8,14,18H,4-5,7H2,1H3. The van der Waals surface area contributed by atoms with Gasteiger partial charge in [0.1, 0.15) is 12.1 Å². The van der Waals surface area contributed by atoms with Crippen LogP contribution in [0.25, 0.3) is 0 Å². The predicted molar refractivity (Wildman–Crippen MR) is 72.2 cm³/mol. The minimum absolute atomic E-state index is 0.307. The summed E-state index contributed by atoms with van der Waals surface area (Å²) in [5.74, 6) is 1.13. The number of phenols is 1. The highest BCUT2D eigenvalue weighted by Gasteiger charge is 2.02. The van der Waals surface area contributed by atoms with Gasteiger partial charge in [-0.2, -0.15) is 5.10 Å². The Labute approximate surface area is 114 Å². The number of hydrogen-bond donors (Lipinski definition) is 2. The molecule has 0 radical (unpaired) electrons. The van der Waals surface area contributed by atoms with Crippen LogP contribution in [-0.4, -0.2) is 26.4 Å². The second kappa shape index (κ2) is 5.97. The number of hydrogen-bond acceptors (Lipinski definition) is 4. The second-order valence-electron chi connectivity index (χ2n) is 4.03. The van der Waals surface area contributed by atoms with Crippen LogP contribution in [0.3, 0.4) is 0 Å². The van der Waals surface area contributed by atoms with Gasteiger partial charge in [-0.3, -0.25) is 4.68 Å². The molecule has 0 amide bonds. The zero-order chi connectivity index (χ0) is 13.0. The van der Waals surface area contributed by atoms with Crippen LogP contribution in [0.2, 0.25) is 0 Å². The monoisotopic (exact) mass is 310 g/mol. The summed E-state index contributed by atoms with van der Waals surface area (Å²) in [6.07, 6.45) is 2.46. The molecule has 1 aromatic carbocycles. The zero-order valence-electron chi connectivity index (χ0n) is 10.1. The number of aryl methyl sites for hydroxylation is 1. The van der Waals surface area contributed by atoms with Crippen LogP contribution >= 0.6 is 15.9 Å². The van der Waals surface area contributed by atoms with Gasteiger partial charge < -0.3 is 10.4 Å². The first-order valence-electron chi connectivity index (χ1n) is 5.68. The molecule has 0 bridgehead atoms. The summed E-state index contributed by atoms with van der Waals surface area (Å²) >= 11 is 3.38. The Hall–Kier alpha value is -1.40. The number of nitrogens with zero attached hydrogens (tertiary/aromatic N) is 3. The van der Waals surface area contributed by atoms with Crippen LogP contribution in [0.1, 0.15) is 11.4 Å². The van der Waals surface area contributed by atoms with Gasteiger partial charge in [0.25, 0.3) is 0 Å². The predicted octanol–water partition coefficient (Wildman–Crippen LogP) is 1.62. The van der Waals surface area contributed by atoms with Gasteiger partial charge in [-0.15, -0.1) is 0 Å². The van der Waals surface area contributed by atoms with Crippen molar-refractivity contribution in [3.05, 3.63) is 40.4 Å². The Balaban J connectivity index is 1.80. The Morgan fingerprint density at radius 3 is 3.00 bits per heavy atom. The molecular formula is C12H15BrN4O. The van der Waals surface area contributed by atoms with E-state index in [4.69, 9.17) is 0 Å². The Morgan fingerprint density at radius 2 is 2.28 bits per heavy atom. The fraction of sp³-hybridized carbons (Fsp3) is 0.333. The molecule has 0 unspecified atom stereocenters. The van der Waals surface area contributed by atoms with Crippen molar-refractivity contribution in [1.29, 1.82) is 0 Å². The van der Waals surface area contributed by atoms with Gasteiger partial charge in [-0.05, 0) is 18.2 Å². The van der Waals surface area contributed by atoms with E-state index in [0.717, 1.165) is 28.8 Å². The Kier molecular flexibility index (Phi) is 4.33. The van der Waals surface area contributed by atoms with Crippen molar-refractivity contribution >= 4 is 15.9 Å². The molecule has 0 saturated carbocycles. The molecule has 0 fully saturated rings. The molecule has 0 saturated heterocycles. The number of nitrogens with one attached hydrogen (secondary N) is 1. The van der Waals surface area contributed by atoms with E-state index in [0.29, 0.717) is 12.3 Å². The van der Waals surface area contributed by atoms with E-state index in [1.54, 1.807) is 17.1 Å². The van der Waals surface area contributed by atoms with Crippen LogP contribution in [0, 0.1) is 0 Å². The number of aromatic hydroxyl groups is 1. The average Bonchev–Trinajstić information content (AvgIpc) is 2.75. The SMILES string of the molecule is Cn1cnc(CCNCc2cc(Br)ccc2O)n1. The highest BCUT2D eigenvalue weighted by Crippen LogP contribution is 2.21. The van der Waals surface area contributed by atoms with E-state index in [-0.39, 0.29) is 0 Å². The molecule has 96 valence electrons. The maximum Gasteiger partial charge on any atom is 0.151 e. The lowest BCUT2D eigenvalue weighted by Crippen LogP contribution is -2.17. The van der Waals surface area contributed by atoms with Crippen LogP contribution < -0.4 is 5.32 Å². The van der Waals surface area contributed by atoms with Gasteiger partial charge >= 0.3 is 0 Å². The normalized spacial score (nSPS) is 10.8. The molecule has 5 nitrogen and oxygen atoms in total. The summed E-state index contributed by atoms with van der Waals surface area (Å²) in [5.41, 5.74) is 0.873. The molecular weight excluding hydrogens is 296 g/mol. The molecule has 0 aliphatic heterocycles. The van der Waals surface area contributed by atoms with Crippen molar-refractivity contribution in [2.45, 2.75) is 13.0 Å². The number of halogens is 1. The number of benzene rings is 1. The molecule has 6 heteroatoms.